The summed E-state index contributed by atoms with van der Waals surface area (Å²) in [5.74, 6) is -0.321. The van der Waals surface area contributed by atoms with Crippen molar-refractivity contribution in [1.82, 2.24) is 4.98 Å². The van der Waals surface area contributed by atoms with Crippen molar-refractivity contribution >= 4 is 0 Å². The number of nitrogens with zero attached hydrogens (tertiary/aromatic N) is 1. The first-order valence-electron chi connectivity index (χ1n) is 7.37. The van der Waals surface area contributed by atoms with Crippen LogP contribution in [0.4, 0.5) is 4.39 Å². The van der Waals surface area contributed by atoms with E-state index in [2.05, 4.69) is 11.1 Å². The van der Waals surface area contributed by atoms with Crippen molar-refractivity contribution in [2.45, 2.75) is 0 Å². The molecule has 6 heteroatoms. The Morgan fingerprint density at radius 2 is 1.52 bits per heavy atom. The first-order chi connectivity index (χ1) is 12.0. The molecule has 1 heterocycles. The van der Waals surface area contributed by atoms with E-state index in [4.69, 9.17) is 9.47 Å². The Balaban J connectivity index is 2.36. The third kappa shape index (κ3) is 3.06. The summed E-state index contributed by atoms with van der Waals surface area (Å²) in [6, 6.07) is 13.1. The maximum atomic E-state index is 13.3. The van der Waals surface area contributed by atoms with Gasteiger partial charge in [-0.05, 0) is 36.4 Å². The van der Waals surface area contributed by atoms with Gasteiger partial charge in [-0.15, -0.1) is 0 Å². The SMILES string of the molecule is COc1cccc(OC)c1-c1c(O)[c]c(O)nc1-c1ccc(F)cc1. The molecule has 2 N–H and O–H groups in total. The summed E-state index contributed by atoms with van der Waals surface area (Å²) in [5, 5.41) is 20.2. The summed E-state index contributed by atoms with van der Waals surface area (Å²) in [5.41, 5.74) is 1.47. The van der Waals surface area contributed by atoms with Gasteiger partial charge >= 0.3 is 0 Å². The summed E-state index contributed by atoms with van der Waals surface area (Å²) in [4.78, 5) is 4.07. The van der Waals surface area contributed by atoms with Gasteiger partial charge in [-0.2, -0.15) is 0 Å². The van der Waals surface area contributed by atoms with Crippen molar-refractivity contribution in [3.8, 4) is 45.5 Å². The van der Waals surface area contributed by atoms with Crippen LogP contribution in [0.1, 0.15) is 0 Å². The molecular formula is C19H15FNO4. The standard InChI is InChI=1S/C19H15FNO4/c1-24-14-4-3-5-15(25-2)18(14)17-13(22)10-16(23)21-19(17)11-6-8-12(20)9-7-11/h3-9H,1-2H3,(H2,21,22,23). The second-order valence-corrected chi connectivity index (χ2v) is 5.18. The van der Waals surface area contributed by atoms with E-state index in [0.717, 1.165) is 0 Å². The highest BCUT2D eigenvalue weighted by Crippen LogP contribution is 2.47. The van der Waals surface area contributed by atoms with E-state index in [1.54, 1.807) is 18.2 Å². The molecule has 0 aliphatic carbocycles. The molecule has 127 valence electrons. The molecule has 5 nitrogen and oxygen atoms in total. The first-order valence-corrected chi connectivity index (χ1v) is 7.37. The fourth-order valence-electron chi connectivity index (χ4n) is 2.62. The van der Waals surface area contributed by atoms with Gasteiger partial charge in [0, 0.05) is 5.56 Å². The van der Waals surface area contributed by atoms with Crippen molar-refractivity contribution < 1.29 is 24.1 Å². The molecule has 3 rings (SSSR count). The summed E-state index contributed by atoms with van der Waals surface area (Å²) >= 11 is 0. The van der Waals surface area contributed by atoms with Crippen LogP contribution in [0.3, 0.4) is 0 Å². The maximum absolute atomic E-state index is 13.3. The quantitative estimate of drug-likeness (QED) is 0.756. The Hall–Kier alpha value is -3.28. The van der Waals surface area contributed by atoms with Gasteiger partial charge in [0.15, 0.2) is 0 Å². The molecule has 1 radical (unpaired) electrons. The lowest BCUT2D eigenvalue weighted by Gasteiger charge is -2.17. The highest BCUT2D eigenvalue weighted by atomic mass is 19.1. The number of halogens is 1. The van der Waals surface area contributed by atoms with Crippen molar-refractivity contribution in [1.29, 1.82) is 0 Å². The third-order valence-electron chi connectivity index (χ3n) is 3.72. The minimum Gasteiger partial charge on any atom is -0.506 e. The van der Waals surface area contributed by atoms with Crippen LogP contribution < -0.4 is 9.47 Å². The third-order valence-corrected chi connectivity index (χ3v) is 3.72. The molecule has 0 amide bonds. The van der Waals surface area contributed by atoms with Crippen molar-refractivity contribution in [3.05, 3.63) is 54.3 Å². The van der Waals surface area contributed by atoms with Crippen LogP contribution in [-0.4, -0.2) is 29.4 Å². The lowest BCUT2D eigenvalue weighted by atomic mass is 9.96. The number of hydrogen-bond acceptors (Lipinski definition) is 5. The molecule has 0 spiro atoms. The summed E-state index contributed by atoms with van der Waals surface area (Å²) in [7, 11) is 2.98. The Bertz CT molecular complexity index is 888. The van der Waals surface area contributed by atoms with Crippen LogP contribution in [0.2, 0.25) is 0 Å². The molecule has 0 saturated heterocycles. The molecule has 0 fully saturated rings. The van der Waals surface area contributed by atoms with Crippen LogP contribution >= 0.6 is 0 Å². The van der Waals surface area contributed by atoms with Gasteiger partial charge in [0.2, 0.25) is 5.88 Å². The van der Waals surface area contributed by atoms with E-state index >= 15 is 0 Å². The van der Waals surface area contributed by atoms with Gasteiger partial charge in [-0.25, -0.2) is 9.37 Å². The zero-order chi connectivity index (χ0) is 18.0. The molecule has 0 saturated carbocycles. The molecule has 25 heavy (non-hydrogen) atoms. The number of aromatic hydroxyl groups is 2. The topological polar surface area (TPSA) is 71.8 Å². The Labute approximate surface area is 143 Å². The van der Waals surface area contributed by atoms with E-state index in [-0.39, 0.29) is 17.0 Å². The molecule has 0 aliphatic heterocycles. The second kappa shape index (κ2) is 6.68. The molecule has 1 aromatic heterocycles. The highest BCUT2D eigenvalue weighted by molar-refractivity contribution is 5.91. The number of ether oxygens (including phenoxy) is 2. The molecular weight excluding hydrogens is 325 g/mol. The van der Waals surface area contributed by atoms with Crippen LogP contribution in [0.15, 0.2) is 42.5 Å². The normalized spacial score (nSPS) is 10.5. The molecule has 2 aromatic carbocycles. The van der Waals surface area contributed by atoms with Gasteiger partial charge in [0.05, 0.1) is 37.1 Å². The molecule has 0 atom stereocenters. The lowest BCUT2D eigenvalue weighted by molar-refractivity contribution is 0.396. The van der Waals surface area contributed by atoms with Crippen LogP contribution in [0.5, 0.6) is 23.1 Å². The Morgan fingerprint density at radius 3 is 2.08 bits per heavy atom. The monoisotopic (exact) mass is 340 g/mol. The zero-order valence-electron chi connectivity index (χ0n) is 13.6. The van der Waals surface area contributed by atoms with Crippen LogP contribution in [0.25, 0.3) is 22.4 Å². The van der Waals surface area contributed by atoms with E-state index in [0.29, 0.717) is 22.6 Å². The van der Waals surface area contributed by atoms with Gasteiger partial charge in [-0.3, -0.25) is 0 Å². The summed E-state index contributed by atoms with van der Waals surface area (Å²) in [6.45, 7) is 0. The number of pyridine rings is 1. The average molecular weight is 340 g/mol. The van der Waals surface area contributed by atoms with Gasteiger partial charge in [-0.1, -0.05) is 6.07 Å². The summed E-state index contributed by atoms with van der Waals surface area (Å²) in [6.07, 6.45) is 0. The summed E-state index contributed by atoms with van der Waals surface area (Å²) < 4.78 is 24.0. The largest absolute Gasteiger partial charge is 0.506 e. The van der Waals surface area contributed by atoms with Crippen molar-refractivity contribution in [2.24, 2.45) is 0 Å². The Morgan fingerprint density at radius 1 is 0.920 bits per heavy atom. The van der Waals surface area contributed by atoms with E-state index in [1.165, 1.54) is 38.5 Å². The van der Waals surface area contributed by atoms with Crippen LogP contribution in [-0.2, 0) is 0 Å². The fraction of sp³-hybridized carbons (Fsp3) is 0.105. The van der Waals surface area contributed by atoms with E-state index in [1.807, 2.05) is 0 Å². The number of benzene rings is 2. The van der Waals surface area contributed by atoms with Crippen molar-refractivity contribution in [2.75, 3.05) is 14.2 Å². The molecule has 0 bridgehead atoms. The lowest BCUT2D eigenvalue weighted by Crippen LogP contribution is -1.97. The Kier molecular flexibility index (Phi) is 4.43. The number of aromatic nitrogens is 1. The van der Waals surface area contributed by atoms with E-state index in [9.17, 15) is 14.6 Å². The predicted octanol–water partition coefficient (Wildman–Crippen LogP) is 3.78. The highest BCUT2D eigenvalue weighted by Gasteiger charge is 2.23. The smallest absolute Gasteiger partial charge is 0.223 e. The van der Waals surface area contributed by atoms with Gasteiger partial charge < -0.3 is 19.7 Å². The number of hydrogen-bond donors (Lipinski definition) is 2. The predicted molar refractivity (Wildman–Crippen MR) is 90.3 cm³/mol. The maximum Gasteiger partial charge on any atom is 0.223 e. The minimum atomic E-state index is -0.477. The second-order valence-electron chi connectivity index (χ2n) is 5.18. The minimum absolute atomic E-state index is 0.247. The number of rotatable bonds is 4. The number of methoxy groups -OCH3 is 2. The molecule has 0 unspecified atom stereocenters. The van der Waals surface area contributed by atoms with Crippen LogP contribution in [0, 0.1) is 11.9 Å². The molecule has 3 aromatic rings. The van der Waals surface area contributed by atoms with Gasteiger partial charge in [0.25, 0.3) is 0 Å². The molecule has 0 aliphatic rings. The van der Waals surface area contributed by atoms with Gasteiger partial charge in [0.1, 0.15) is 23.1 Å². The van der Waals surface area contributed by atoms with Crippen molar-refractivity contribution in [3.63, 3.8) is 0 Å². The zero-order valence-corrected chi connectivity index (χ0v) is 13.6. The van der Waals surface area contributed by atoms with E-state index < -0.39 is 11.7 Å². The fourth-order valence-corrected chi connectivity index (χ4v) is 2.62. The average Bonchev–Trinajstić information content (AvgIpc) is 2.61. The first kappa shape index (κ1) is 16.6.